The second-order valence-corrected chi connectivity index (χ2v) is 5.69. The largest absolute Gasteiger partial charge is 0.354 e. The standard InChI is InChI=1S/C13H22N4OS/c1-3-5-14-10(2)11-9-19-13(16-11)17-7-4-6-15-12(18)8-17/h9-10,14H,3-8H2,1-2H3,(H,15,18). The lowest BCUT2D eigenvalue weighted by atomic mass is 10.2. The van der Waals surface area contributed by atoms with Gasteiger partial charge in [-0.1, -0.05) is 6.92 Å². The molecule has 106 valence electrons. The summed E-state index contributed by atoms with van der Waals surface area (Å²) < 4.78 is 0. The van der Waals surface area contributed by atoms with E-state index in [-0.39, 0.29) is 11.9 Å². The van der Waals surface area contributed by atoms with E-state index in [4.69, 9.17) is 0 Å². The zero-order chi connectivity index (χ0) is 13.7. The summed E-state index contributed by atoms with van der Waals surface area (Å²) in [5.74, 6) is 0.0893. The van der Waals surface area contributed by atoms with Crippen molar-refractivity contribution in [1.82, 2.24) is 15.6 Å². The number of thiazole rings is 1. The molecule has 1 aromatic rings. The first-order chi connectivity index (χ1) is 9.20. The molecule has 0 saturated carbocycles. The van der Waals surface area contributed by atoms with Crippen molar-refractivity contribution in [3.8, 4) is 0 Å². The minimum Gasteiger partial charge on any atom is -0.354 e. The third-order valence-electron chi connectivity index (χ3n) is 3.19. The Labute approximate surface area is 118 Å². The van der Waals surface area contributed by atoms with Crippen LogP contribution in [0.3, 0.4) is 0 Å². The molecule has 1 aromatic heterocycles. The molecular formula is C13H22N4OS. The first-order valence-electron chi connectivity index (χ1n) is 6.91. The first kappa shape index (κ1) is 14.3. The fourth-order valence-electron chi connectivity index (χ4n) is 2.06. The molecule has 0 aliphatic carbocycles. The Bertz CT molecular complexity index is 421. The minimum absolute atomic E-state index is 0.0893. The van der Waals surface area contributed by atoms with Gasteiger partial charge >= 0.3 is 0 Å². The van der Waals surface area contributed by atoms with Crippen LogP contribution in [-0.4, -0.2) is 37.1 Å². The maximum absolute atomic E-state index is 11.6. The molecule has 1 unspecified atom stereocenters. The quantitative estimate of drug-likeness (QED) is 0.860. The van der Waals surface area contributed by atoms with Crippen LogP contribution in [0.25, 0.3) is 0 Å². The van der Waals surface area contributed by atoms with Crippen molar-refractivity contribution < 1.29 is 4.79 Å². The van der Waals surface area contributed by atoms with Gasteiger partial charge < -0.3 is 15.5 Å². The molecule has 1 aliphatic rings. The summed E-state index contributed by atoms with van der Waals surface area (Å²) in [6.45, 7) is 7.36. The topological polar surface area (TPSA) is 57.3 Å². The lowest BCUT2D eigenvalue weighted by Crippen LogP contribution is -2.33. The van der Waals surface area contributed by atoms with Gasteiger partial charge in [0.15, 0.2) is 5.13 Å². The average Bonchev–Trinajstić information content (AvgIpc) is 2.80. The number of anilines is 1. The average molecular weight is 282 g/mol. The summed E-state index contributed by atoms with van der Waals surface area (Å²) in [5, 5.41) is 9.36. The molecule has 2 heterocycles. The van der Waals surface area contributed by atoms with E-state index in [1.165, 1.54) is 0 Å². The van der Waals surface area contributed by atoms with Crippen LogP contribution in [0.15, 0.2) is 5.38 Å². The number of hydrogen-bond donors (Lipinski definition) is 2. The van der Waals surface area contributed by atoms with Gasteiger partial charge in [-0.2, -0.15) is 0 Å². The van der Waals surface area contributed by atoms with Crippen LogP contribution in [0.1, 0.15) is 38.4 Å². The van der Waals surface area contributed by atoms with Crippen molar-refractivity contribution in [2.45, 2.75) is 32.7 Å². The van der Waals surface area contributed by atoms with E-state index in [1.54, 1.807) is 11.3 Å². The predicted octanol–water partition coefficient (Wildman–Crippen LogP) is 1.53. The monoisotopic (exact) mass is 282 g/mol. The molecular weight excluding hydrogens is 260 g/mol. The third kappa shape index (κ3) is 3.91. The van der Waals surface area contributed by atoms with Gasteiger partial charge in [0.05, 0.1) is 12.2 Å². The van der Waals surface area contributed by atoms with E-state index >= 15 is 0 Å². The summed E-state index contributed by atoms with van der Waals surface area (Å²) in [7, 11) is 0. The minimum atomic E-state index is 0.0893. The van der Waals surface area contributed by atoms with Crippen molar-refractivity contribution in [1.29, 1.82) is 0 Å². The van der Waals surface area contributed by atoms with Crippen molar-refractivity contribution in [3.63, 3.8) is 0 Å². The Morgan fingerprint density at radius 2 is 2.47 bits per heavy atom. The number of nitrogens with one attached hydrogen (secondary N) is 2. The fraction of sp³-hybridized carbons (Fsp3) is 0.692. The highest BCUT2D eigenvalue weighted by Crippen LogP contribution is 2.24. The molecule has 1 amide bonds. The van der Waals surface area contributed by atoms with E-state index in [9.17, 15) is 4.79 Å². The summed E-state index contributed by atoms with van der Waals surface area (Å²) in [4.78, 5) is 18.3. The molecule has 1 fully saturated rings. The Morgan fingerprint density at radius 1 is 1.63 bits per heavy atom. The van der Waals surface area contributed by atoms with Crippen molar-refractivity contribution in [2.75, 3.05) is 31.1 Å². The molecule has 1 aliphatic heterocycles. The number of carbonyl (C=O) groups excluding carboxylic acids is 1. The Hall–Kier alpha value is -1.14. The van der Waals surface area contributed by atoms with Gasteiger partial charge in [-0.25, -0.2) is 4.98 Å². The number of nitrogens with zero attached hydrogens (tertiary/aromatic N) is 2. The van der Waals surface area contributed by atoms with Gasteiger partial charge in [0, 0.05) is 24.5 Å². The highest BCUT2D eigenvalue weighted by atomic mass is 32.1. The molecule has 0 spiro atoms. The molecule has 2 rings (SSSR count). The first-order valence-corrected chi connectivity index (χ1v) is 7.79. The zero-order valence-electron chi connectivity index (χ0n) is 11.6. The number of hydrogen-bond acceptors (Lipinski definition) is 5. The number of aromatic nitrogens is 1. The van der Waals surface area contributed by atoms with Crippen molar-refractivity contribution in [2.24, 2.45) is 0 Å². The van der Waals surface area contributed by atoms with Crippen molar-refractivity contribution >= 4 is 22.4 Å². The molecule has 0 bridgehead atoms. The van der Waals surface area contributed by atoms with Crippen LogP contribution in [0.2, 0.25) is 0 Å². The van der Waals surface area contributed by atoms with Crippen LogP contribution in [0.5, 0.6) is 0 Å². The van der Waals surface area contributed by atoms with Crippen LogP contribution >= 0.6 is 11.3 Å². The van der Waals surface area contributed by atoms with Gasteiger partial charge in [-0.05, 0) is 26.3 Å². The summed E-state index contributed by atoms with van der Waals surface area (Å²) in [5.41, 5.74) is 1.07. The third-order valence-corrected chi connectivity index (χ3v) is 4.11. The Kier molecular flexibility index (Phi) is 5.15. The molecule has 2 N–H and O–H groups in total. The smallest absolute Gasteiger partial charge is 0.239 e. The lowest BCUT2D eigenvalue weighted by Gasteiger charge is -2.17. The lowest BCUT2D eigenvalue weighted by molar-refractivity contribution is -0.119. The molecule has 1 atom stereocenters. The maximum Gasteiger partial charge on any atom is 0.239 e. The van der Waals surface area contributed by atoms with E-state index in [0.29, 0.717) is 6.54 Å². The summed E-state index contributed by atoms with van der Waals surface area (Å²) >= 11 is 1.62. The molecule has 0 aromatic carbocycles. The van der Waals surface area contributed by atoms with E-state index in [2.05, 4.69) is 39.7 Å². The predicted molar refractivity (Wildman–Crippen MR) is 78.7 cm³/mol. The van der Waals surface area contributed by atoms with E-state index in [0.717, 1.165) is 43.3 Å². The van der Waals surface area contributed by atoms with Crippen LogP contribution in [-0.2, 0) is 4.79 Å². The Morgan fingerprint density at radius 3 is 3.26 bits per heavy atom. The highest BCUT2D eigenvalue weighted by molar-refractivity contribution is 7.13. The van der Waals surface area contributed by atoms with Crippen molar-refractivity contribution in [3.05, 3.63) is 11.1 Å². The van der Waals surface area contributed by atoms with Gasteiger partial charge in [-0.15, -0.1) is 11.3 Å². The van der Waals surface area contributed by atoms with E-state index in [1.807, 2.05) is 0 Å². The maximum atomic E-state index is 11.6. The highest BCUT2D eigenvalue weighted by Gasteiger charge is 2.18. The fourth-order valence-corrected chi connectivity index (χ4v) is 3.00. The van der Waals surface area contributed by atoms with Gasteiger partial charge in [0.2, 0.25) is 5.91 Å². The van der Waals surface area contributed by atoms with Crippen LogP contribution < -0.4 is 15.5 Å². The molecule has 19 heavy (non-hydrogen) atoms. The summed E-state index contributed by atoms with van der Waals surface area (Å²) in [6.07, 6.45) is 2.10. The van der Waals surface area contributed by atoms with Crippen LogP contribution in [0, 0.1) is 0 Å². The molecule has 5 nitrogen and oxygen atoms in total. The summed E-state index contributed by atoms with van der Waals surface area (Å²) in [6, 6.07) is 0.269. The molecule has 6 heteroatoms. The normalized spacial score (nSPS) is 18.0. The molecule has 0 radical (unpaired) electrons. The zero-order valence-corrected chi connectivity index (χ0v) is 12.4. The second kappa shape index (κ2) is 6.86. The number of carbonyl (C=O) groups is 1. The van der Waals surface area contributed by atoms with E-state index < -0.39 is 0 Å². The SMILES string of the molecule is CCCNC(C)c1csc(N2CCCNC(=O)C2)n1. The van der Waals surface area contributed by atoms with Crippen LogP contribution in [0.4, 0.5) is 5.13 Å². The number of rotatable bonds is 5. The van der Waals surface area contributed by atoms with Gasteiger partial charge in [-0.3, -0.25) is 4.79 Å². The van der Waals surface area contributed by atoms with Gasteiger partial charge in [0.25, 0.3) is 0 Å². The van der Waals surface area contributed by atoms with Gasteiger partial charge in [0.1, 0.15) is 0 Å². The Balaban J connectivity index is 2.01. The number of amides is 1. The second-order valence-electron chi connectivity index (χ2n) is 4.86. The molecule has 1 saturated heterocycles.